The van der Waals surface area contributed by atoms with Crippen LogP contribution < -0.4 is 16.0 Å². The predicted molar refractivity (Wildman–Crippen MR) is 136 cm³/mol. The Hall–Kier alpha value is -3.53. The lowest BCUT2D eigenvalue weighted by molar-refractivity contribution is -0.115. The van der Waals surface area contributed by atoms with Gasteiger partial charge in [-0.05, 0) is 72.9 Å². The van der Waals surface area contributed by atoms with E-state index in [1.165, 1.54) is 24.3 Å². The van der Waals surface area contributed by atoms with Crippen LogP contribution in [0, 0.1) is 0 Å². The molecule has 4 rings (SSSR count). The molecule has 0 saturated heterocycles. The van der Waals surface area contributed by atoms with Crippen molar-refractivity contribution in [2.24, 2.45) is 0 Å². The predicted octanol–water partition coefficient (Wildman–Crippen LogP) is 5.69. The number of fused-ring (bicyclic) bond motifs is 1. The summed E-state index contributed by atoms with van der Waals surface area (Å²) in [6, 6.07) is 16.2. The van der Waals surface area contributed by atoms with Crippen molar-refractivity contribution < 1.29 is 14.0 Å². The first-order valence-corrected chi connectivity index (χ1v) is 11.3. The molecular formula is C23H17ClN4O3S2. The third-order valence-corrected chi connectivity index (χ3v) is 5.71. The summed E-state index contributed by atoms with van der Waals surface area (Å²) in [5.74, 6) is 0.632. The van der Waals surface area contributed by atoms with E-state index in [0.717, 1.165) is 15.8 Å². The van der Waals surface area contributed by atoms with Gasteiger partial charge >= 0.3 is 0 Å². The number of anilines is 2. The van der Waals surface area contributed by atoms with Crippen molar-refractivity contribution in [2.45, 2.75) is 6.92 Å². The number of thiocarbonyl (C=S) groups is 1. The van der Waals surface area contributed by atoms with E-state index in [-0.39, 0.29) is 11.0 Å². The second-order valence-electron chi connectivity index (χ2n) is 6.87. The number of halogens is 1. The molecule has 0 bridgehead atoms. The fourth-order valence-electron chi connectivity index (χ4n) is 2.91. The van der Waals surface area contributed by atoms with Gasteiger partial charge in [0.25, 0.3) is 0 Å². The molecule has 3 N–H and O–H groups in total. The molecule has 2 aromatic heterocycles. The summed E-state index contributed by atoms with van der Waals surface area (Å²) in [4.78, 5) is 27.9. The van der Waals surface area contributed by atoms with Crippen LogP contribution >= 0.6 is 35.2 Å². The Kier molecular flexibility index (Phi) is 6.83. The van der Waals surface area contributed by atoms with Crippen LogP contribution in [0.4, 0.5) is 10.8 Å². The summed E-state index contributed by atoms with van der Waals surface area (Å²) in [6.45, 7) is 1.45. The van der Waals surface area contributed by atoms with E-state index in [9.17, 15) is 9.59 Å². The minimum absolute atomic E-state index is 0.118. The molecule has 4 aromatic rings. The highest BCUT2D eigenvalue weighted by molar-refractivity contribution is 7.80. The normalized spacial score (nSPS) is 11.0. The number of rotatable bonds is 5. The van der Waals surface area contributed by atoms with E-state index in [1.807, 2.05) is 24.3 Å². The third-order valence-electron chi connectivity index (χ3n) is 4.32. The molecule has 0 spiro atoms. The molecule has 2 heterocycles. The van der Waals surface area contributed by atoms with E-state index in [1.54, 1.807) is 36.4 Å². The third kappa shape index (κ3) is 6.04. The van der Waals surface area contributed by atoms with Crippen LogP contribution in [-0.2, 0) is 9.59 Å². The molecule has 33 heavy (non-hydrogen) atoms. The fourth-order valence-corrected chi connectivity index (χ4v) is 4.21. The smallest absolute Gasteiger partial charge is 0.250 e. The number of thiazole rings is 1. The summed E-state index contributed by atoms with van der Waals surface area (Å²) in [7, 11) is 0. The van der Waals surface area contributed by atoms with E-state index >= 15 is 0 Å². The van der Waals surface area contributed by atoms with E-state index in [0.29, 0.717) is 27.4 Å². The molecule has 0 unspecified atom stereocenters. The van der Waals surface area contributed by atoms with Crippen LogP contribution in [0.15, 0.2) is 65.1 Å². The van der Waals surface area contributed by atoms with Gasteiger partial charge in [-0.15, -0.1) is 0 Å². The molecule has 10 heteroatoms. The average Bonchev–Trinajstić information content (AvgIpc) is 3.38. The molecule has 0 aliphatic carbocycles. The van der Waals surface area contributed by atoms with Gasteiger partial charge in [-0.3, -0.25) is 14.9 Å². The highest BCUT2D eigenvalue weighted by Gasteiger charge is 2.09. The van der Waals surface area contributed by atoms with Gasteiger partial charge in [0.2, 0.25) is 11.8 Å². The lowest BCUT2D eigenvalue weighted by Gasteiger charge is -2.04. The molecular weight excluding hydrogens is 480 g/mol. The zero-order chi connectivity index (χ0) is 23.4. The lowest BCUT2D eigenvalue weighted by Crippen LogP contribution is -2.32. The van der Waals surface area contributed by atoms with Crippen LogP contribution in [0.3, 0.4) is 0 Å². The molecule has 0 radical (unpaired) electrons. The van der Waals surface area contributed by atoms with Gasteiger partial charge in [0.05, 0.1) is 10.2 Å². The van der Waals surface area contributed by atoms with Crippen molar-refractivity contribution >= 4 is 79.2 Å². The highest BCUT2D eigenvalue weighted by atomic mass is 35.5. The van der Waals surface area contributed by atoms with Crippen LogP contribution in [0.1, 0.15) is 12.7 Å². The first-order chi connectivity index (χ1) is 15.9. The van der Waals surface area contributed by atoms with Gasteiger partial charge in [0, 0.05) is 29.3 Å². The van der Waals surface area contributed by atoms with Gasteiger partial charge in [-0.25, -0.2) is 4.98 Å². The van der Waals surface area contributed by atoms with Gasteiger partial charge < -0.3 is 15.1 Å². The number of amides is 2. The fraction of sp³-hybridized carbons (Fsp3) is 0.0435. The maximum Gasteiger partial charge on any atom is 0.250 e. The average molecular weight is 497 g/mol. The van der Waals surface area contributed by atoms with Crippen molar-refractivity contribution in [2.75, 3.05) is 10.6 Å². The second kappa shape index (κ2) is 9.95. The maximum absolute atomic E-state index is 12.2. The molecule has 166 valence electrons. The number of nitrogens with one attached hydrogen (secondary N) is 3. The largest absolute Gasteiger partial charge is 0.457 e. The van der Waals surface area contributed by atoms with Crippen LogP contribution in [-0.4, -0.2) is 21.9 Å². The summed E-state index contributed by atoms with van der Waals surface area (Å²) in [5.41, 5.74) is 2.32. The van der Waals surface area contributed by atoms with Gasteiger partial charge in [-0.2, -0.15) is 0 Å². The summed E-state index contributed by atoms with van der Waals surface area (Å²) >= 11 is 12.5. The summed E-state index contributed by atoms with van der Waals surface area (Å²) in [6.07, 6.45) is 2.88. The summed E-state index contributed by atoms with van der Waals surface area (Å²) in [5, 5.41) is 9.49. The van der Waals surface area contributed by atoms with Crippen molar-refractivity contribution in [3.8, 4) is 11.3 Å². The minimum Gasteiger partial charge on any atom is -0.457 e. The maximum atomic E-state index is 12.2. The van der Waals surface area contributed by atoms with E-state index in [4.69, 9.17) is 28.2 Å². The number of hydrogen-bond acceptors (Lipinski definition) is 6. The van der Waals surface area contributed by atoms with E-state index < -0.39 is 5.91 Å². The molecule has 0 aliphatic heterocycles. The molecule has 0 saturated carbocycles. The number of carbonyl (C=O) groups is 2. The van der Waals surface area contributed by atoms with Crippen molar-refractivity contribution in [1.82, 2.24) is 10.3 Å². The van der Waals surface area contributed by atoms with Crippen molar-refractivity contribution in [3.63, 3.8) is 0 Å². The number of nitrogens with zero attached hydrogens (tertiary/aromatic N) is 1. The number of carbonyl (C=O) groups excluding carboxylic acids is 2. The van der Waals surface area contributed by atoms with Gasteiger partial charge in [0.1, 0.15) is 11.5 Å². The first kappa shape index (κ1) is 22.7. The molecule has 0 aliphatic rings. The number of aromatic nitrogens is 1. The molecule has 2 amide bonds. The standard InChI is InChI=1S/C23H17ClN4O3S2/c1-13(29)25-16-6-9-18-20(12-16)33-23(26-18)28-22(32)27-21(30)11-8-17-7-10-19(31-17)14-2-4-15(24)5-3-14/h2-12H,1H3,(H,25,29)(H2,26,27,28,30,32). The van der Waals surface area contributed by atoms with Crippen LogP contribution in [0.2, 0.25) is 5.02 Å². The van der Waals surface area contributed by atoms with Crippen LogP contribution in [0.25, 0.3) is 27.6 Å². The Labute approximate surface area is 203 Å². The van der Waals surface area contributed by atoms with E-state index in [2.05, 4.69) is 20.9 Å². The van der Waals surface area contributed by atoms with Gasteiger partial charge in [-0.1, -0.05) is 22.9 Å². The Morgan fingerprint density at radius 1 is 1.09 bits per heavy atom. The summed E-state index contributed by atoms with van der Waals surface area (Å²) < 4.78 is 6.60. The van der Waals surface area contributed by atoms with Crippen LogP contribution in [0.5, 0.6) is 0 Å². The number of benzene rings is 2. The molecule has 2 aromatic carbocycles. The van der Waals surface area contributed by atoms with Gasteiger partial charge in [0.15, 0.2) is 10.2 Å². The minimum atomic E-state index is -0.411. The Morgan fingerprint density at radius 3 is 2.64 bits per heavy atom. The first-order valence-electron chi connectivity index (χ1n) is 9.70. The zero-order valence-corrected chi connectivity index (χ0v) is 19.6. The monoisotopic (exact) mass is 496 g/mol. The molecule has 0 fully saturated rings. The topological polar surface area (TPSA) is 96.3 Å². The SMILES string of the molecule is CC(=O)Nc1ccc2nc(NC(=S)NC(=O)C=Cc3ccc(-c4ccc(Cl)cc4)o3)sc2c1. The van der Waals surface area contributed by atoms with Crippen molar-refractivity contribution in [3.05, 3.63) is 71.5 Å². The number of furan rings is 1. The second-order valence-corrected chi connectivity index (χ2v) is 8.74. The Morgan fingerprint density at radius 2 is 1.88 bits per heavy atom. The Balaban J connectivity index is 1.34. The Bertz CT molecular complexity index is 1380. The molecule has 7 nitrogen and oxygen atoms in total. The molecule has 0 atom stereocenters. The highest BCUT2D eigenvalue weighted by Crippen LogP contribution is 2.28. The van der Waals surface area contributed by atoms with Crippen molar-refractivity contribution in [1.29, 1.82) is 0 Å². The quantitative estimate of drug-likeness (QED) is 0.242. The lowest BCUT2D eigenvalue weighted by atomic mass is 10.2. The number of hydrogen-bond donors (Lipinski definition) is 3. The zero-order valence-electron chi connectivity index (χ0n) is 17.2.